The molecule has 0 radical (unpaired) electrons. The SMILES string of the molecule is CCCCC(C)S(=O)C(CCCC)CCCC. The first-order valence-electron chi connectivity index (χ1n) is 7.56. The minimum absolute atomic E-state index is 0.397. The van der Waals surface area contributed by atoms with Gasteiger partial charge in [0.05, 0.1) is 0 Å². The third-order valence-corrected chi connectivity index (χ3v) is 5.61. The van der Waals surface area contributed by atoms with Crippen molar-refractivity contribution >= 4 is 10.8 Å². The van der Waals surface area contributed by atoms with Crippen LogP contribution in [0.1, 0.15) is 85.5 Å². The van der Waals surface area contributed by atoms with E-state index in [0.29, 0.717) is 10.5 Å². The highest BCUT2D eigenvalue weighted by atomic mass is 32.2. The van der Waals surface area contributed by atoms with Crippen LogP contribution >= 0.6 is 0 Å². The molecule has 0 rings (SSSR count). The van der Waals surface area contributed by atoms with Gasteiger partial charge in [-0.05, 0) is 19.3 Å². The van der Waals surface area contributed by atoms with Gasteiger partial charge in [0, 0.05) is 21.3 Å². The Labute approximate surface area is 111 Å². The lowest BCUT2D eigenvalue weighted by Gasteiger charge is -2.20. The van der Waals surface area contributed by atoms with E-state index in [4.69, 9.17) is 0 Å². The van der Waals surface area contributed by atoms with Crippen molar-refractivity contribution in [3.05, 3.63) is 0 Å². The van der Waals surface area contributed by atoms with Gasteiger partial charge in [-0.25, -0.2) is 0 Å². The number of rotatable bonds is 11. The van der Waals surface area contributed by atoms with Gasteiger partial charge in [0.25, 0.3) is 0 Å². The van der Waals surface area contributed by atoms with E-state index in [1.165, 1.54) is 51.4 Å². The molecule has 0 aliphatic rings. The van der Waals surface area contributed by atoms with Crippen molar-refractivity contribution in [2.75, 3.05) is 0 Å². The fourth-order valence-corrected chi connectivity index (χ4v) is 4.03. The third-order valence-electron chi connectivity index (χ3n) is 3.45. The second-order valence-corrected chi connectivity index (χ2v) is 7.32. The summed E-state index contributed by atoms with van der Waals surface area (Å²) in [5, 5.41) is 0.857. The van der Waals surface area contributed by atoms with Crippen molar-refractivity contribution < 1.29 is 4.21 Å². The molecule has 2 heteroatoms. The Morgan fingerprint density at radius 3 is 1.65 bits per heavy atom. The van der Waals surface area contributed by atoms with E-state index >= 15 is 0 Å². The van der Waals surface area contributed by atoms with Crippen LogP contribution in [0.25, 0.3) is 0 Å². The van der Waals surface area contributed by atoms with Crippen molar-refractivity contribution in [3.8, 4) is 0 Å². The first-order valence-corrected chi connectivity index (χ1v) is 8.84. The molecule has 0 aromatic rings. The zero-order valence-electron chi connectivity index (χ0n) is 12.3. The summed E-state index contributed by atoms with van der Waals surface area (Å²) in [7, 11) is -0.607. The third kappa shape index (κ3) is 7.96. The number of hydrogen-bond acceptors (Lipinski definition) is 1. The van der Waals surface area contributed by atoms with Crippen LogP contribution in [0.3, 0.4) is 0 Å². The van der Waals surface area contributed by atoms with Crippen LogP contribution < -0.4 is 0 Å². The fraction of sp³-hybridized carbons (Fsp3) is 1.00. The molecule has 0 N–H and O–H groups in total. The molecule has 2 atom stereocenters. The van der Waals surface area contributed by atoms with E-state index in [1.54, 1.807) is 0 Å². The average Bonchev–Trinajstić information content (AvgIpc) is 2.35. The molecule has 0 amide bonds. The zero-order valence-corrected chi connectivity index (χ0v) is 13.2. The van der Waals surface area contributed by atoms with E-state index < -0.39 is 10.8 Å². The van der Waals surface area contributed by atoms with Crippen molar-refractivity contribution in [2.45, 2.75) is 96.0 Å². The lowest BCUT2D eigenvalue weighted by molar-refractivity contribution is 0.578. The van der Waals surface area contributed by atoms with E-state index in [-0.39, 0.29) is 0 Å². The van der Waals surface area contributed by atoms with Gasteiger partial charge in [0.15, 0.2) is 0 Å². The smallest absolute Gasteiger partial charge is 0.0350 e. The van der Waals surface area contributed by atoms with Crippen molar-refractivity contribution in [2.24, 2.45) is 0 Å². The lowest BCUT2D eigenvalue weighted by atomic mass is 10.1. The number of unbranched alkanes of at least 4 members (excludes halogenated alkanes) is 3. The summed E-state index contributed by atoms with van der Waals surface area (Å²) in [6.07, 6.45) is 10.8. The van der Waals surface area contributed by atoms with Gasteiger partial charge in [-0.3, -0.25) is 4.21 Å². The van der Waals surface area contributed by atoms with Gasteiger partial charge in [0.2, 0.25) is 0 Å². The van der Waals surface area contributed by atoms with Crippen molar-refractivity contribution in [1.29, 1.82) is 0 Å². The predicted molar refractivity (Wildman–Crippen MR) is 80.0 cm³/mol. The normalized spacial score (nSPS) is 15.1. The molecule has 2 unspecified atom stereocenters. The molecule has 0 saturated heterocycles. The Bertz CT molecular complexity index is 183. The maximum atomic E-state index is 12.5. The fourth-order valence-electron chi connectivity index (χ4n) is 2.18. The molecule has 104 valence electrons. The Kier molecular flexibility index (Phi) is 11.4. The summed E-state index contributed by atoms with van der Waals surface area (Å²) in [5.74, 6) is 0. The second kappa shape index (κ2) is 11.3. The Morgan fingerprint density at radius 1 is 0.824 bits per heavy atom. The van der Waals surface area contributed by atoms with E-state index in [1.807, 2.05) is 0 Å². The van der Waals surface area contributed by atoms with Crippen LogP contribution in [0.5, 0.6) is 0 Å². The van der Waals surface area contributed by atoms with Crippen molar-refractivity contribution in [1.82, 2.24) is 0 Å². The van der Waals surface area contributed by atoms with Crippen molar-refractivity contribution in [3.63, 3.8) is 0 Å². The van der Waals surface area contributed by atoms with Gasteiger partial charge in [-0.1, -0.05) is 66.2 Å². The molecule has 0 aliphatic carbocycles. The topological polar surface area (TPSA) is 17.1 Å². The monoisotopic (exact) mass is 260 g/mol. The average molecular weight is 260 g/mol. The maximum absolute atomic E-state index is 12.5. The molecule has 0 spiro atoms. The Hall–Kier alpha value is 0.150. The molecule has 0 aliphatic heterocycles. The van der Waals surface area contributed by atoms with Crippen LogP contribution in [-0.4, -0.2) is 14.7 Å². The standard InChI is InChI=1S/C15H32OS/c1-5-8-11-14(4)17(16)15(12-9-6-2)13-10-7-3/h14-15H,5-13H2,1-4H3. The van der Waals surface area contributed by atoms with Crippen LogP contribution in [0, 0.1) is 0 Å². The summed E-state index contributed by atoms with van der Waals surface area (Å²) >= 11 is 0. The van der Waals surface area contributed by atoms with Gasteiger partial charge in [-0.15, -0.1) is 0 Å². The summed E-state index contributed by atoms with van der Waals surface area (Å²) in [6.45, 7) is 8.83. The molecule has 0 heterocycles. The quantitative estimate of drug-likeness (QED) is 0.507. The van der Waals surface area contributed by atoms with Gasteiger partial charge < -0.3 is 0 Å². The van der Waals surface area contributed by atoms with Gasteiger partial charge >= 0.3 is 0 Å². The Balaban J connectivity index is 4.18. The van der Waals surface area contributed by atoms with E-state index in [0.717, 1.165) is 6.42 Å². The minimum atomic E-state index is -0.607. The maximum Gasteiger partial charge on any atom is 0.0350 e. The van der Waals surface area contributed by atoms with Gasteiger partial charge in [-0.2, -0.15) is 0 Å². The summed E-state index contributed by atoms with van der Waals surface area (Å²) in [5.41, 5.74) is 0. The zero-order chi connectivity index (χ0) is 13.1. The first kappa shape index (κ1) is 17.2. The highest BCUT2D eigenvalue weighted by Crippen LogP contribution is 2.20. The van der Waals surface area contributed by atoms with E-state index in [2.05, 4.69) is 27.7 Å². The van der Waals surface area contributed by atoms with E-state index in [9.17, 15) is 4.21 Å². The summed E-state index contributed by atoms with van der Waals surface area (Å²) in [6, 6.07) is 0. The molecule has 17 heavy (non-hydrogen) atoms. The molecule has 0 aromatic carbocycles. The lowest BCUT2D eigenvalue weighted by Crippen LogP contribution is -2.24. The second-order valence-electron chi connectivity index (χ2n) is 5.19. The largest absolute Gasteiger partial charge is 0.259 e. The number of hydrogen-bond donors (Lipinski definition) is 0. The molecule has 1 nitrogen and oxygen atoms in total. The van der Waals surface area contributed by atoms with Crippen LogP contribution in [0.4, 0.5) is 0 Å². The predicted octanol–water partition coefficient (Wildman–Crippen LogP) is 5.06. The Morgan fingerprint density at radius 2 is 1.24 bits per heavy atom. The summed E-state index contributed by atoms with van der Waals surface area (Å²) < 4.78 is 12.5. The highest BCUT2D eigenvalue weighted by Gasteiger charge is 2.20. The van der Waals surface area contributed by atoms with Crippen LogP contribution in [-0.2, 0) is 10.8 Å². The molecule has 0 saturated carbocycles. The van der Waals surface area contributed by atoms with Gasteiger partial charge in [0.1, 0.15) is 0 Å². The van der Waals surface area contributed by atoms with Crippen LogP contribution in [0.15, 0.2) is 0 Å². The molecule has 0 bridgehead atoms. The summed E-state index contributed by atoms with van der Waals surface area (Å²) in [4.78, 5) is 0. The highest BCUT2D eigenvalue weighted by molar-refractivity contribution is 7.86. The molecule has 0 fully saturated rings. The molecular formula is C15H32OS. The first-order chi connectivity index (χ1) is 8.17. The molecular weight excluding hydrogens is 228 g/mol. The molecule has 0 aromatic heterocycles. The minimum Gasteiger partial charge on any atom is -0.259 e. The van der Waals surface area contributed by atoms with Crippen LogP contribution in [0.2, 0.25) is 0 Å².